The Morgan fingerprint density at radius 3 is 3.10 bits per heavy atom. The van der Waals surface area contributed by atoms with E-state index in [0.29, 0.717) is 6.61 Å². The first-order valence-electron chi connectivity index (χ1n) is 3.11. The molecule has 0 aliphatic rings. The summed E-state index contributed by atoms with van der Waals surface area (Å²) in [6.45, 7) is 0.594. The molecule has 1 aromatic rings. The van der Waals surface area contributed by atoms with Crippen molar-refractivity contribution in [3.05, 3.63) is 22.4 Å². The van der Waals surface area contributed by atoms with Crippen molar-refractivity contribution in [2.75, 3.05) is 13.7 Å². The first kappa shape index (κ1) is 7.72. The Hall–Kier alpha value is -0.380. The maximum absolute atomic E-state index is 5.73. The zero-order valence-corrected chi connectivity index (χ0v) is 6.73. The second-order valence-corrected chi connectivity index (χ2v) is 2.90. The molecule has 1 rings (SSSR count). The Kier molecular flexibility index (Phi) is 2.86. The third-order valence-electron chi connectivity index (χ3n) is 1.32. The van der Waals surface area contributed by atoms with Crippen molar-refractivity contribution in [3.8, 4) is 0 Å². The molecule has 0 aliphatic carbocycles. The van der Waals surface area contributed by atoms with Crippen LogP contribution in [-0.2, 0) is 4.74 Å². The molecule has 0 spiro atoms. The van der Waals surface area contributed by atoms with E-state index in [4.69, 9.17) is 10.5 Å². The van der Waals surface area contributed by atoms with E-state index in [1.165, 1.54) is 0 Å². The molecule has 0 amide bonds. The number of rotatable bonds is 3. The highest BCUT2D eigenvalue weighted by atomic mass is 32.1. The van der Waals surface area contributed by atoms with Crippen molar-refractivity contribution >= 4 is 11.3 Å². The van der Waals surface area contributed by atoms with Crippen molar-refractivity contribution in [1.29, 1.82) is 0 Å². The van der Waals surface area contributed by atoms with Crippen LogP contribution in [0.3, 0.4) is 0 Å². The van der Waals surface area contributed by atoms with Crippen LogP contribution in [0.25, 0.3) is 0 Å². The predicted molar refractivity (Wildman–Crippen MR) is 43.1 cm³/mol. The molecule has 56 valence electrons. The molecule has 2 N–H and O–H groups in total. The zero-order valence-electron chi connectivity index (χ0n) is 5.91. The van der Waals surface area contributed by atoms with Crippen LogP contribution in [-0.4, -0.2) is 13.7 Å². The van der Waals surface area contributed by atoms with Gasteiger partial charge in [0, 0.05) is 7.11 Å². The highest BCUT2D eigenvalue weighted by Gasteiger charge is 2.03. The summed E-state index contributed by atoms with van der Waals surface area (Å²) in [4.78, 5) is 0. The number of methoxy groups -OCH3 is 1. The monoisotopic (exact) mass is 157 g/mol. The van der Waals surface area contributed by atoms with E-state index in [2.05, 4.69) is 0 Å². The van der Waals surface area contributed by atoms with Gasteiger partial charge < -0.3 is 10.5 Å². The van der Waals surface area contributed by atoms with Crippen LogP contribution in [0.4, 0.5) is 0 Å². The summed E-state index contributed by atoms with van der Waals surface area (Å²) < 4.78 is 4.91. The molecule has 0 bridgehead atoms. The Labute approximate surface area is 64.6 Å². The predicted octanol–water partition coefficient (Wildman–Crippen LogP) is 1.39. The third-order valence-corrected chi connectivity index (χ3v) is 2.02. The van der Waals surface area contributed by atoms with Crippen molar-refractivity contribution in [3.63, 3.8) is 0 Å². The minimum absolute atomic E-state index is 0.0382. The number of nitrogens with two attached hydrogens (primary N) is 1. The van der Waals surface area contributed by atoms with Gasteiger partial charge in [-0.1, -0.05) is 0 Å². The van der Waals surface area contributed by atoms with E-state index in [1.807, 2.05) is 16.8 Å². The number of ether oxygens (including phenoxy) is 1. The van der Waals surface area contributed by atoms with Gasteiger partial charge in [0.05, 0.1) is 12.6 Å². The highest BCUT2D eigenvalue weighted by molar-refractivity contribution is 7.07. The lowest BCUT2D eigenvalue weighted by molar-refractivity contribution is 0.181. The number of hydrogen-bond acceptors (Lipinski definition) is 3. The summed E-state index contributed by atoms with van der Waals surface area (Å²) in [5, 5.41) is 4.06. The molecular formula is C7H11NOS. The number of hydrogen-bond donors (Lipinski definition) is 1. The normalized spacial score (nSPS) is 13.4. The van der Waals surface area contributed by atoms with Crippen LogP contribution in [0.5, 0.6) is 0 Å². The van der Waals surface area contributed by atoms with Gasteiger partial charge in [0.25, 0.3) is 0 Å². The number of thiophene rings is 1. The summed E-state index contributed by atoms with van der Waals surface area (Å²) in [6.07, 6.45) is 0. The second kappa shape index (κ2) is 3.71. The zero-order chi connectivity index (χ0) is 7.40. The fourth-order valence-corrected chi connectivity index (χ4v) is 1.49. The fraction of sp³-hybridized carbons (Fsp3) is 0.429. The van der Waals surface area contributed by atoms with Gasteiger partial charge in [-0.2, -0.15) is 11.3 Å². The van der Waals surface area contributed by atoms with E-state index in [0.717, 1.165) is 5.56 Å². The van der Waals surface area contributed by atoms with E-state index >= 15 is 0 Å². The van der Waals surface area contributed by atoms with Crippen molar-refractivity contribution in [2.45, 2.75) is 6.04 Å². The van der Waals surface area contributed by atoms with E-state index < -0.39 is 0 Å². The first-order valence-corrected chi connectivity index (χ1v) is 4.05. The molecule has 0 radical (unpaired) electrons. The summed E-state index contributed by atoms with van der Waals surface area (Å²) in [5.74, 6) is 0. The Bertz CT molecular complexity index is 174. The maximum atomic E-state index is 5.73. The van der Waals surface area contributed by atoms with Crippen LogP contribution in [0.1, 0.15) is 11.6 Å². The molecule has 0 fully saturated rings. The molecule has 1 heterocycles. The van der Waals surface area contributed by atoms with Crippen LogP contribution in [0.15, 0.2) is 16.8 Å². The van der Waals surface area contributed by atoms with Crippen LogP contribution < -0.4 is 5.73 Å². The fourth-order valence-electron chi connectivity index (χ4n) is 0.762. The molecule has 0 saturated heterocycles. The third kappa shape index (κ3) is 1.80. The molecule has 0 aliphatic heterocycles. The molecule has 10 heavy (non-hydrogen) atoms. The molecule has 2 nitrogen and oxygen atoms in total. The molecule has 0 saturated carbocycles. The maximum Gasteiger partial charge on any atom is 0.0655 e. The summed E-state index contributed by atoms with van der Waals surface area (Å²) in [7, 11) is 1.66. The van der Waals surface area contributed by atoms with Gasteiger partial charge in [0.1, 0.15) is 0 Å². The summed E-state index contributed by atoms with van der Waals surface area (Å²) in [5.41, 5.74) is 6.89. The van der Waals surface area contributed by atoms with Crippen molar-refractivity contribution < 1.29 is 4.74 Å². The SMILES string of the molecule is COCC(N)c1ccsc1. The second-order valence-electron chi connectivity index (χ2n) is 2.12. The summed E-state index contributed by atoms with van der Waals surface area (Å²) >= 11 is 1.66. The Morgan fingerprint density at radius 2 is 2.60 bits per heavy atom. The molecule has 3 heteroatoms. The minimum Gasteiger partial charge on any atom is -0.383 e. The van der Waals surface area contributed by atoms with Gasteiger partial charge in [-0.15, -0.1) is 0 Å². The lowest BCUT2D eigenvalue weighted by Crippen LogP contribution is -2.14. The lowest BCUT2D eigenvalue weighted by atomic mass is 10.2. The minimum atomic E-state index is 0.0382. The standard InChI is InChI=1S/C7H11NOS/c1-9-4-7(8)6-2-3-10-5-6/h2-3,5,7H,4,8H2,1H3. The average Bonchev–Trinajstić information content (AvgIpc) is 2.38. The molecule has 1 unspecified atom stereocenters. The molecule has 0 aromatic carbocycles. The van der Waals surface area contributed by atoms with Crippen LogP contribution in [0.2, 0.25) is 0 Å². The molecule has 1 aromatic heterocycles. The van der Waals surface area contributed by atoms with Crippen LogP contribution >= 0.6 is 11.3 Å². The van der Waals surface area contributed by atoms with Gasteiger partial charge in [-0.3, -0.25) is 0 Å². The molecule has 1 atom stereocenters. The largest absolute Gasteiger partial charge is 0.383 e. The average molecular weight is 157 g/mol. The Morgan fingerprint density at radius 1 is 1.80 bits per heavy atom. The van der Waals surface area contributed by atoms with E-state index in [1.54, 1.807) is 18.4 Å². The van der Waals surface area contributed by atoms with E-state index in [9.17, 15) is 0 Å². The van der Waals surface area contributed by atoms with Gasteiger partial charge >= 0.3 is 0 Å². The van der Waals surface area contributed by atoms with Crippen molar-refractivity contribution in [2.24, 2.45) is 5.73 Å². The van der Waals surface area contributed by atoms with Gasteiger partial charge in [0.2, 0.25) is 0 Å². The van der Waals surface area contributed by atoms with Gasteiger partial charge in [0.15, 0.2) is 0 Å². The van der Waals surface area contributed by atoms with Crippen LogP contribution in [0, 0.1) is 0 Å². The topological polar surface area (TPSA) is 35.2 Å². The summed E-state index contributed by atoms with van der Waals surface area (Å²) in [6, 6.07) is 2.06. The molecular weight excluding hydrogens is 146 g/mol. The first-order chi connectivity index (χ1) is 4.84. The van der Waals surface area contributed by atoms with E-state index in [-0.39, 0.29) is 6.04 Å². The van der Waals surface area contributed by atoms with Gasteiger partial charge in [-0.25, -0.2) is 0 Å². The van der Waals surface area contributed by atoms with Gasteiger partial charge in [-0.05, 0) is 22.4 Å². The lowest BCUT2D eigenvalue weighted by Gasteiger charge is -2.06. The quantitative estimate of drug-likeness (QED) is 0.719. The Balaban J connectivity index is 2.50. The highest BCUT2D eigenvalue weighted by Crippen LogP contribution is 2.13. The smallest absolute Gasteiger partial charge is 0.0655 e. The van der Waals surface area contributed by atoms with Crippen molar-refractivity contribution in [1.82, 2.24) is 0 Å².